The molecule has 2 saturated heterocycles. The van der Waals surface area contributed by atoms with Crippen molar-refractivity contribution in [2.75, 3.05) is 26.3 Å². The molecule has 11 heteroatoms. The van der Waals surface area contributed by atoms with E-state index in [1.54, 1.807) is 0 Å². The summed E-state index contributed by atoms with van der Waals surface area (Å²) in [5.74, 6) is -1.75. The van der Waals surface area contributed by atoms with Crippen molar-refractivity contribution in [3.63, 3.8) is 0 Å². The first-order valence-corrected chi connectivity index (χ1v) is 11.1. The number of carboxylic acids is 1. The molecule has 1 aromatic rings. The quantitative estimate of drug-likeness (QED) is 0.674. The first-order chi connectivity index (χ1) is 12.2. The summed E-state index contributed by atoms with van der Waals surface area (Å²) in [5, 5.41) is 9.11. The predicted octanol–water partition coefficient (Wildman–Crippen LogP) is -0.151. The fourth-order valence-corrected chi connectivity index (χ4v) is 5.62. The second kappa shape index (κ2) is 7.24. The zero-order valence-electron chi connectivity index (χ0n) is 13.9. The molecule has 1 atom stereocenters. The molecule has 3 rings (SSSR count). The van der Waals surface area contributed by atoms with Gasteiger partial charge in [-0.1, -0.05) is 0 Å². The smallest absolute Gasteiger partial charge is 0.307 e. The summed E-state index contributed by atoms with van der Waals surface area (Å²) in [6, 6.07) is 4.64. The Kier molecular flexibility index (Phi) is 5.35. The van der Waals surface area contributed by atoms with Gasteiger partial charge in [0.05, 0.1) is 35.0 Å². The lowest BCUT2D eigenvalue weighted by molar-refractivity contribution is -0.142. The summed E-state index contributed by atoms with van der Waals surface area (Å²) in [7, 11) is -7.62. The Hall–Kier alpha value is -1.53. The van der Waals surface area contributed by atoms with Gasteiger partial charge in [0.1, 0.15) is 0 Å². The van der Waals surface area contributed by atoms with Crippen LogP contribution in [0.2, 0.25) is 0 Å². The molecule has 2 fully saturated rings. The molecular weight excluding hydrogens is 384 g/mol. The number of carbonyl (C=O) groups is 1. The van der Waals surface area contributed by atoms with Crippen LogP contribution in [0.15, 0.2) is 34.1 Å². The molecule has 1 aromatic carbocycles. The molecule has 1 unspecified atom stereocenters. The molecule has 0 radical (unpaired) electrons. The highest BCUT2D eigenvalue weighted by Crippen LogP contribution is 2.25. The van der Waals surface area contributed by atoms with Crippen molar-refractivity contribution in [2.24, 2.45) is 5.92 Å². The van der Waals surface area contributed by atoms with Gasteiger partial charge in [-0.2, -0.15) is 4.31 Å². The van der Waals surface area contributed by atoms with E-state index < -0.39 is 31.9 Å². The van der Waals surface area contributed by atoms with Crippen molar-refractivity contribution >= 4 is 26.0 Å². The number of carboxylic acid groups (broad SMARTS) is 1. The summed E-state index contributed by atoms with van der Waals surface area (Å²) in [5.41, 5.74) is 0. The lowest BCUT2D eigenvalue weighted by Gasteiger charge is -2.29. The highest BCUT2D eigenvalue weighted by Gasteiger charge is 2.33. The normalized spacial score (nSPS) is 22.7. The van der Waals surface area contributed by atoms with Gasteiger partial charge in [0.25, 0.3) is 0 Å². The monoisotopic (exact) mass is 404 g/mol. The van der Waals surface area contributed by atoms with Crippen LogP contribution in [0.5, 0.6) is 0 Å². The van der Waals surface area contributed by atoms with Gasteiger partial charge in [0, 0.05) is 13.1 Å². The zero-order chi connectivity index (χ0) is 18.9. The molecule has 2 N–H and O–H groups in total. The Morgan fingerprint density at radius 3 is 2.27 bits per heavy atom. The van der Waals surface area contributed by atoms with Crippen molar-refractivity contribution in [3.05, 3.63) is 24.3 Å². The minimum Gasteiger partial charge on any atom is -0.481 e. The number of ether oxygens (including phenoxy) is 1. The standard InChI is InChI=1S/C15H20N2O7S2/c18-15(19)11-2-1-7-17(8-11)26(22,23)14-5-3-13(4-6-14)25(20,21)16-12-9-24-10-12/h3-6,11-12,16H,1-2,7-10H2,(H,18,19). The molecule has 0 amide bonds. The molecule has 144 valence electrons. The Bertz CT molecular complexity index is 877. The van der Waals surface area contributed by atoms with Gasteiger partial charge in [-0.05, 0) is 37.1 Å². The molecule has 0 aromatic heterocycles. The van der Waals surface area contributed by atoms with Gasteiger partial charge in [0.2, 0.25) is 20.0 Å². The Morgan fingerprint density at radius 1 is 1.12 bits per heavy atom. The third kappa shape index (κ3) is 3.91. The van der Waals surface area contributed by atoms with Gasteiger partial charge in [-0.25, -0.2) is 21.6 Å². The van der Waals surface area contributed by atoms with Gasteiger partial charge < -0.3 is 9.84 Å². The number of rotatable bonds is 6. The van der Waals surface area contributed by atoms with Crippen molar-refractivity contribution in [2.45, 2.75) is 28.7 Å². The van der Waals surface area contributed by atoms with Gasteiger partial charge in [0.15, 0.2) is 0 Å². The third-order valence-corrected chi connectivity index (χ3v) is 7.88. The van der Waals surface area contributed by atoms with Crippen LogP contribution in [0.25, 0.3) is 0 Å². The Morgan fingerprint density at radius 2 is 1.73 bits per heavy atom. The van der Waals surface area contributed by atoms with Crippen LogP contribution in [0, 0.1) is 5.92 Å². The number of benzene rings is 1. The van der Waals surface area contributed by atoms with E-state index in [1.165, 1.54) is 24.3 Å². The Balaban J connectivity index is 1.77. The number of hydrogen-bond donors (Lipinski definition) is 2. The maximum absolute atomic E-state index is 12.7. The van der Waals surface area contributed by atoms with E-state index >= 15 is 0 Å². The minimum absolute atomic E-state index is 0.0367. The van der Waals surface area contributed by atoms with Crippen LogP contribution in [-0.2, 0) is 29.6 Å². The topological polar surface area (TPSA) is 130 Å². The zero-order valence-corrected chi connectivity index (χ0v) is 15.5. The van der Waals surface area contributed by atoms with E-state index in [-0.39, 0.29) is 28.9 Å². The molecule has 9 nitrogen and oxygen atoms in total. The number of nitrogens with zero attached hydrogens (tertiary/aromatic N) is 1. The molecule has 2 heterocycles. The van der Waals surface area contributed by atoms with Gasteiger partial charge in [-0.15, -0.1) is 0 Å². The van der Waals surface area contributed by atoms with Crippen molar-refractivity contribution in [1.82, 2.24) is 9.03 Å². The largest absolute Gasteiger partial charge is 0.481 e. The number of nitrogens with one attached hydrogen (secondary N) is 1. The second-order valence-corrected chi connectivity index (χ2v) is 10.0. The summed E-state index contributed by atoms with van der Waals surface area (Å²) >= 11 is 0. The summed E-state index contributed by atoms with van der Waals surface area (Å²) < 4.78 is 58.4. The summed E-state index contributed by atoms with van der Waals surface area (Å²) in [6.07, 6.45) is 0.908. The SMILES string of the molecule is O=C(O)C1CCCN(S(=O)(=O)c2ccc(S(=O)(=O)NC3COC3)cc2)C1. The van der Waals surface area contributed by atoms with Crippen molar-refractivity contribution in [3.8, 4) is 0 Å². The fourth-order valence-electron chi connectivity index (χ4n) is 2.89. The second-order valence-electron chi connectivity index (χ2n) is 6.37. The van der Waals surface area contributed by atoms with Crippen LogP contribution in [0.3, 0.4) is 0 Å². The molecule has 26 heavy (non-hydrogen) atoms. The minimum atomic E-state index is -3.87. The van der Waals surface area contributed by atoms with Gasteiger partial charge >= 0.3 is 5.97 Å². The molecule has 2 aliphatic rings. The van der Waals surface area contributed by atoms with Crippen LogP contribution in [0.1, 0.15) is 12.8 Å². The average Bonchev–Trinajstić information content (AvgIpc) is 2.58. The summed E-state index contributed by atoms with van der Waals surface area (Å²) in [6.45, 7) is 0.785. The fraction of sp³-hybridized carbons (Fsp3) is 0.533. The average molecular weight is 404 g/mol. The molecule has 0 aliphatic carbocycles. The lowest BCUT2D eigenvalue weighted by Crippen LogP contribution is -2.48. The molecular formula is C15H20N2O7S2. The number of sulfonamides is 2. The number of aliphatic carboxylic acids is 1. The predicted molar refractivity (Wildman–Crippen MR) is 90.5 cm³/mol. The first kappa shape index (κ1) is 19.2. The van der Waals surface area contributed by atoms with E-state index in [0.717, 1.165) is 4.31 Å². The van der Waals surface area contributed by atoms with Crippen LogP contribution in [0.4, 0.5) is 0 Å². The number of piperidine rings is 1. The molecule has 0 bridgehead atoms. The Labute approximate surface area is 152 Å². The van der Waals surface area contributed by atoms with Gasteiger partial charge in [-0.3, -0.25) is 4.79 Å². The maximum atomic E-state index is 12.7. The van der Waals surface area contributed by atoms with Crippen LogP contribution < -0.4 is 4.72 Å². The lowest BCUT2D eigenvalue weighted by atomic mass is 10.0. The molecule has 0 saturated carbocycles. The highest BCUT2D eigenvalue weighted by atomic mass is 32.2. The van der Waals surface area contributed by atoms with Crippen LogP contribution >= 0.6 is 0 Å². The van der Waals surface area contributed by atoms with Crippen molar-refractivity contribution in [1.29, 1.82) is 0 Å². The van der Waals surface area contributed by atoms with E-state index in [1.807, 2.05) is 0 Å². The highest BCUT2D eigenvalue weighted by molar-refractivity contribution is 7.89. The molecule has 0 spiro atoms. The first-order valence-electron chi connectivity index (χ1n) is 8.13. The van der Waals surface area contributed by atoms with Crippen molar-refractivity contribution < 1.29 is 31.5 Å². The van der Waals surface area contributed by atoms with Crippen LogP contribution in [-0.4, -0.2) is 64.6 Å². The maximum Gasteiger partial charge on any atom is 0.307 e. The third-order valence-electron chi connectivity index (χ3n) is 4.47. The number of hydrogen-bond acceptors (Lipinski definition) is 6. The summed E-state index contributed by atoms with van der Waals surface area (Å²) in [4.78, 5) is 11.0. The van der Waals surface area contributed by atoms with E-state index in [0.29, 0.717) is 26.1 Å². The van der Waals surface area contributed by atoms with E-state index in [9.17, 15) is 21.6 Å². The van der Waals surface area contributed by atoms with E-state index in [4.69, 9.17) is 9.84 Å². The molecule has 2 aliphatic heterocycles. The van der Waals surface area contributed by atoms with E-state index in [2.05, 4.69) is 4.72 Å².